The zero-order chi connectivity index (χ0) is 14.3. The first kappa shape index (κ1) is 12.7. The van der Waals surface area contributed by atoms with Gasteiger partial charge in [0.05, 0.1) is 17.5 Å². The van der Waals surface area contributed by atoms with Crippen LogP contribution in [0.2, 0.25) is 0 Å². The van der Waals surface area contributed by atoms with Crippen molar-refractivity contribution in [2.45, 2.75) is 6.92 Å². The lowest BCUT2D eigenvalue weighted by atomic mass is 10.2. The minimum Gasteiger partial charge on any atom is -0.303 e. The van der Waals surface area contributed by atoms with Crippen molar-refractivity contribution in [2.24, 2.45) is 7.05 Å². The van der Waals surface area contributed by atoms with Crippen LogP contribution in [0.5, 0.6) is 0 Å². The van der Waals surface area contributed by atoms with Gasteiger partial charge in [-0.15, -0.1) is 0 Å². The average molecular weight is 289 g/mol. The smallest absolute Gasteiger partial charge is 0.195 e. The van der Waals surface area contributed by atoms with Gasteiger partial charge in [-0.2, -0.15) is 10.2 Å². The predicted octanol–water partition coefficient (Wildman–Crippen LogP) is 2.78. The van der Waals surface area contributed by atoms with Crippen LogP contribution in [0.25, 0.3) is 17.1 Å². The number of hydrogen-bond donors (Lipinski definition) is 1. The molecule has 1 aromatic carbocycles. The lowest BCUT2D eigenvalue weighted by Crippen LogP contribution is -2.02. The largest absolute Gasteiger partial charge is 0.303 e. The maximum Gasteiger partial charge on any atom is 0.195 e. The molecule has 0 fully saturated rings. The minimum absolute atomic E-state index is 0.319. The van der Waals surface area contributed by atoms with Crippen molar-refractivity contribution in [1.29, 1.82) is 0 Å². The quantitative estimate of drug-likeness (QED) is 0.738. The Kier molecular flexibility index (Phi) is 2.98. The molecule has 0 atom stereocenters. The molecule has 102 valence electrons. The molecule has 0 aliphatic rings. The van der Waals surface area contributed by atoms with Crippen molar-refractivity contribution in [3.8, 4) is 17.1 Å². The van der Waals surface area contributed by atoms with E-state index in [1.807, 2.05) is 14.0 Å². The van der Waals surface area contributed by atoms with Crippen LogP contribution in [-0.4, -0.2) is 24.5 Å². The Labute approximate surface area is 119 Å². The fourth-order valence-corrected chi connectivity index (χ4v) is 2.22. The van der Waals surface area contributed by atoms with Gasteiger partial charge < -0.3 is 4.57 Å². The highest BCUT2D eigenvalue weighted by molar-refractivity contribution is 7.71. The zero-order valence-corrected chi connectivity index (χ0v) is 11.8. The van der Waals surface area contributed by atoms with Crippen molar-refractivity contribution < 1.29 is 4.39 Å². The molecule has 0 saturated carbocycles. The van der Waals surface area contributed by atoms with Crippen LogP contribution in [0.15, 0.2) is 30.5 Å². The molecule has 0 saturated heterocycles. The third kappa shape index (κ3) is 1.87. The summed E-state index contributed by atoms with van der Waals surface area (Å²) in [5.41, 5.74) is 2.02. The van der Waals surface area contributed by atoms with Crippen molar-refractivity contribution in [1.82, 2.24) is 24.5 Å². The van der Waals surface area contributed by atoms with Crippen molar-refractivity contribution in [3.05, 3.63) is 46.7 Å². The number of aromatic amines is 1. The van der Waals surface area contributed by atoms with Gasteiger partial charge in [-0.05, 0) is 31.3 Å². The van der Waals surface area contributed by atoms with Crippen LogP contribution >= 0.6 is 12.2 Å². The van der Waals surface area contributed by atoms with Gasteiger partial charge in [0.1, 0.15) is 11.5 Å². The van der Waals surface area contributed by atoms with Gasteiger partial charge in [-0.3, -0.25) is 5.10 Å². The van der Waals surface area contributed by atoms with Gasteiger partial charge in [0.2, 0.25) is 0 Å². The summed E-state index contributed by atoms with van der Waals surface area (Å²) in [5.74, 6) is 0.357. The van der Waals surface area contributed by atoms with Gasteiger partial charge in [0, 0.05) is 7.05 Å². The highest BCUT2D eigenvalue weighted by Gasteiger charge is 2.16. The fraction of sp³-hybridized carbons (Fsp3) is 0.154. The van der Waals surface area contributed by atoms with Crippen LogP contribution in [-0.2, 0) is 7.05 Å². The van der Waals surface area contributed by atoms with Crippen molar-refractivity contribution in [3.63, 3.8) is 0 Å². The first-order chi connectivity index (χ1) is 9.59. The number of hydrogen-bond acceptors (Lipinski definition) is 3. The lowest BCUT2D eigenvalue weighted by Gasteiger charge is -2.06. The predicted molar refractivity (Wildman–Crippen MR) is 75.6 cm³/mol. The molecule has 0 bridgehead atoms. The summed E-state index contributed by atoms with van der Waals surface area (Å²) in [6, 6.07) is 6.51. The van der Waals surface area contributed by atoms with Crippen LogP contribution in [0, 0.1) is 17.5 Å². The average Bonchev–Trinajstić information content (AvgIpc) is 2.95. The molecule has 5 nitrogen and oxygen atoms in total. The third-order valence-electron chi connectivity index (χ3n) is 3.21. The number of H-pyrrole nitrogens is 1. The van der Waals surface area contributed by atoms with E-state index >= 15 is 0 Å². The molecule has 0 spiro atoms. The third-order valence-corrected chi connectivity index (χ3v) is 3.58. The van der Waals surface area contributed by atoms with E-state index in [1.54, 1.807) is 33.6 Å². The highest BCUT2D eigenvalue weighted by Crippen LogP contribution is 2.23. The molecule has 0 aliphatic heterocycles. The molecule has 7 heteroatoms. The topological polar surface area (TPSA) is 51.4 Å². The molecular weight excluding hydrogens is 277 g/mol. The Morgan fingerprint density at radius 1 is 1.30 bits per heavy atom. The molecule has 0 unspecified atom stereocenters. The molecule has 0 amide bonds. The zero-order valence-electron chi connectivity index (χ0n) is 11.0. The van der Waals surface area contributed by atoms with Crippen molar-refractivity contribution in [2.75, 3.05) is 0 Å². The summed E-state index contributed by atoms with van der Waals surface area (Å²) in [7, 11) is 1.82. The molecule has 0 aliphatic carbocycles. The molecule has 2 aromatic heterocycles. The summed E-state index contributed by atoms with van der Waals surface area (Å²) >= 11 is 5.10. The summed E-state index contributed by atoms with van der Waals surface area (Å²) in [6.07, 6.45) is 1.66. The van der Waals surface area contributed by atoms with Crippen LogP contribution in [0.1, 0.15) is 5.69 Å². The summed E-state index contributed by atoms with van der Waals surface area (Å²) in [6.45, 7) is 1.87. The Morgan fingerprint density at radius 3 is 2.70 bits per heavy atom. The maximum atomic E-state index is 13.8. The number of nitrogens with zero attached hydrogens (tertiary/aromatic N) is 4. The van der Waals surface area contributed by atoms with Gasteiger partial charge in [-0.25, -0.2) is 9.07 Å². The second kappa shape index (κ2) is 4.68. The Bertz CT molecular complexity index is 829. The SMILES string of the molecule is Cc1c(-c2n[nH]c(=S)n2C)cnn1-c1ccccc1F. The van der Waals surface area contributed by atoms with Gasteiger partial charge >= 0.3 is 0 Å². The van der Waals surface area contributed by atoms with Crippen LogP contribution < -0.4 is 0 Å². The van der Waals surface area contributed by atoms with Crippen LogP contribution in [0.4, 0.5) is 4.39 Å². The van der Waals surface area contributed by atoms with E-state index in [1.165, 1.54) is 6.07 Å². The second-order valence-corrected chi connectivity index (χ2v) is 4.80. The molecule has 2 heterocycles. The summed E-state index contributed by atoms with van der Waals surface area (Å²) in [5, 5.41) is 11.2. The normalized spacial score (nSPS) is 10.9. The van der Waals surface area contributed by atoms with E-state index in [2.05, 4.69) is 15.3 Å². The maximum absolute atomic E-state index is 13.8. The highest BCUT2D eigenvalue weighted by atomic mass is 32.1. The number of para-hydroxylation sites is 1. The number of rotatable bonds is 2. The van der Waals surface area contributed by atoms with Gasteiger partial charge in [0.25, 0.3) is 0 Å². The number of nitrogens with one attached hydrogen (secondary N) is 1. The monoisotopic (exact) mass is 289 g/mol. The second-order valence-electron chi connectivity index (χ2n) is 4.42. The molecular formula is C13H12FN5S. The molecule has 3 rings (SSSR count). The summed E-state index contributed by atoms with van der Waals surface area (Å²) in [4.78, 5) is 0. The number of halogens is 1. The molecule has 0 radical (unpaired) electrons. The molecule has 1 N–H and O–H groups in total. The summed E-state index contributed by atoms with van der Waals surface area (Å²) < 4.78 is 17.7. The van der Waals surface area contributed by atoms with E-state index in [4.69, 9.17) is 12.2 Å². The number of aromatic nitrogens is 5. The van der Waals surface area contributed by atoms with Gasteiger partial charge in [-0.1, -0.05) is 12.1 Å². The minimum atomic E-state index is -0.319. The van der Waals surface area contributed by atoms with E-state index < -0.39 is 0 Å². The lowest BCUT2D eigenvalue weighted by molar-refractivity contribution is 0.608. The van der Waals surface area contributed by atoms with E-state index in [9.17, 15) is 4.39 Å². The Balaban J connectivity index is 2.17. The Morgan fingerprint density at radius 2 is 2.05 bits per heavy atom. The van der Waals surface area contributed by atoms with Crippen molar-refractivity contribution >= 4 is 12.2 Å². The molecule has 3 aromatic rings. The standard InChI is InChI=1S/C13H12FN5S/c1-8-9(12-16-17-13(20)18(12)2)7-15-19(8)11-6-4-3-5-10(11)14/h3-7H,1-2H3,(H,17,20). The Hall–Kier alpha value is -2.28. The molecule has 20 heavy (non-hydrogen) atoms. The van der Waals surface area contributed by atoms with E-state index in [0.717, 1.165) is 11.3 Å². The fourth-order valence-electron chi connectivity index (χ4n) is 2.08. The number of benzene rings is 1. The first-order valence-corrected chi connectivity index (χ1v) is 6.41. The van der Waals surface area contributed by atoms with E-state index in [0.29, 0.717) is 16.3 Å². The van der Waals surface area contributed by atoms with E-state index in [-0.39, 0.29) is 5.82 Å². The van der Waals surface area contributed by atoms with Gasteiger partial charge in [0.15, 0.2) is 10.6 Å². The van der Waals surface area contributed by atoms with Crippen LogP contribution in [0.3, 0.4) is 0 Å². The first-order valence-electron chi connectivity index (χ1n) is 6.01.